The van der Waals surface area contributed by atoms with Gasteiger partial charge in [-0.15, -0.1) is 0 Å². The molecule has 0 aliphatic carbocycles. The van der Waals surface area contributed by atoms with Crippen molar-refractivity contribution in [3.8, 4) is 5.75 Å². The second kappa shape index (κ2) is 7.84. The van der Waals surface area contributed by atoms with Gasteiger partial charge in [-0.1, -0.05) is 12.1 Å². The Balaban J connectivity index is 1.56. The molecule has 0 spiro atoms. The van der Waals surface area contributed by atoms with Crippen LogP contribution in [0, 0.1) is 5.92 Å². The largest absolute Gasteiger partial charge is 0.486 e. The summed E-state index contributed by atoms with van der Waals surface area (Å²) in [6, 6.07) is 8.67. The van der Waals surface area contributed by atoms with Gasteiger partial charge in [0.1, 0.15) is 11.9 Å². The van der Waals surface area contributed by atoms with Crippen LogP contribution in [0.1, 0.15) is 32.6 Å². The van der Waals surface area contributed by atoms with Crippen molar-refractivity contribution in [2.45, 2.75) is 44.8 Å². The van der Waals surface area contributed by atoms with Crippen LogP contribution in [-0.2, 0) is 9.47 Å². The van der Waals surface area contributed by atoms with Gasteiger partial charge >= 0.3 is 0 Å². The highest BCUT2D eigenvalue weighted by atomic mass is 16.5. The standard InChI is InChI=1S/C18H27NO3/c1-14(12-15-6-9-20-10-7-15)19-17-4-2-3-5-18(17)22-16-8-11-21-13-16/h2-5,14-16,19H,6-13H2,1H3/t14-,16-/m1/s1. The van der Waals surface area contributed by atoms with Crippen molar-refractivity contribution in [2.24, 2.45) is 5.92 Å². The molecule has 0 saturated carbocycles. The average molecular weight is 305 g/mol. The Morgan fingerprint density at radius 1 is 1.14 bits per heavy atom. The van der Waals surface area contributed by atoms with Gasteiger partial charge < -0.3 is 19.5 Å². The van der Waals surface area contributed by atoms with E-state index in [9.17, 15) is 0 Å². The van der Waals surface area contributed by atoms with E-state index in [-0.39, 0.29) is 6.10 Å². The van der Waals surface area contributed by atoms with E-state index < -0.39 is 0 Å². The van der Waals surface area contributed by atoms with Crippen LogP contribution < -0.4 is 10.1 Å². The molecule has 1 aromatic rings. The summed E-state index contributed by atoms with van der Waals surface area (Å²) >= 11 is 0. The topological polar surface area (TPSA) is 39.7 Å². The van der Waals surface area contributed by atoms with E-state index in [2.05, 4.69) is 24.4 Å². The van der Waals surface area contributed by atoms with E-state index in [0.29, 0.717) is 12.6 Å². The van der Waals surface area contributed by atoms with Gasteiger partial charge in [-0.2, -0.15) is 0 Å². The first-order chi connectivity index (χ1) is 10.8. The van der Waals surface area contributed by atoms with Crippen LogP contribution in [0.5, 0.6) is 5.75 Å². The zero-order valence-electron chi connectivity index (χ0n) is 13.4. The van der Waals surface area contributed by atoms with Crippen molar-refractivity contribution in [2.75, 3.05) is 31.7 Å². The maximum Gasteiger partial charge on any atom is 0.142 e. The fourth-order valence-corrected chi connectivity index (χ4v) is 3.28. The first kappa shape index (κ1) is 15.6. The fraction of sp³-hybridized carbons (Fsp3) is 0.667. The Labute approximate surface area is 133 Å². The van der Waals surface area contributed by atoms with Crippen molar-refractivity contribution < 1.29 is 14.2 Å². The molecule has 4 heteroatoms. The number of hydrogen-bond donors (Lipinski definition) is 1. The minimum absolute atomic E-state index is 0.189. The molecule has 0 aromatic heterocycles. The molecule has 2 aliphatic heterocycles. The molecule has 1 N–H and O–H groups in total. The molecule has 2 saturated heterocycles. The Kier molecular flexibility index (Phi) is 5.57. The molecule has 22 heavy (non-hydrogen) atoms. The molecule has 0 amide bonds. The fourth-order valence-electron chi connectivity index (χ4n) is 3.28. The molecule has 2 atom stereocenters. The van der Waals surface area contributed by atoms with E-state index in [1.165, 1.54) is 19.3 Å². The van der Waals surface area contributed by atoms with E-state index in [0.717, 1.165) is 43.6 Å². The van der Waals surface area contributed by atoms with Gasteiger partial charge in [0, 0.05) is 25.7 Å². The summed E-state index contributed by atoms with van der Waals surface area (Å²) in [5, 5.41) is 3.63. The maximum atomic E-state index is 6.09. The first-order valence-electron chi connectivity index (χ1n) is 8.49. The molecule has 2 heterocycles. The number of nitrogens with one attached hydrogen (secondary N) is 1. The third-order valence-electron chi connectivity index (χ3n) is 4.50. The highest BCUT2D eigenvalue weighted by Crippen LogP contribution is 2.29. The predicted octanol–water partition coefficient (Wildman–Crippen LogP) is 3.47. The highest BCUT2D eigenvalue weighted by molar-refractivity contribution is 5.56. The third-order valence-corrected chi connectivity index (χ3v) is 4.50. The average Bonchev–Trinajstić information content (AvgIpc) is 3.03. The molecule has 122 valence electrons. The van der Waals surface area contributed by atoms with Gasteiger partial charge in [0.05, 0.1) is 18.9 Å². The Morgan fingerprint density at radius 3 is 2.68 bits per heavy atom. The van der Waals surface area contributed by atoms with Gasteiger partial charge in [-0.05, 0) is 44.2 Å². The molecule has 4 nitrogen and oxygen atoms in total. The monoisotopic (exact) mass is 305 g/mol. The minimum atomic E-state index is 0.189. The lowest BCUT2D eigenvalue weighted by molar-refractivity contribution is 0.0629. The summed E-state index contributed by atoms with van der Waals surface area (Å²) < 4.78 is 16.9. The Morgan fingerprint density at radius 2 is 1.91 bits per heavy atom. The van der Waals surface area contributed by atoms with Crippen LogP contribution in [-0.4, -0.2) is 38.6 Å². The Hall–Kier alpha value is -1.26. The molecule has 0 bridgehead atoms. The second-order valence-electron chi connectivity index (χ2n) is 6.44. The second-order valence-corrected chi connectivity index (χ2v) is 6.44. The minimum Gasteiger partial charge on any atom is -0.486 e. The van der Waals surface area contributed by atoms with Crippen LogP contribution in [0.25, 0.3) is 0 Å². The summed E-state index contributed by atoms with van der Waals surface area (Å²) in [5.74, 6) is 1.71. The number of benzene rings is 1. The lowest BCUT2D eigenvalue weighted by atomic mass is 9.93. The molecule has 2 fully saturated rings. The molecule has 1 aromatic carbocycles. The normalized spacial score (nSPS) is 24.1. The first-order valence-corrected chi connectivity index (χ1v) is 8.49. The van der Waals surface area contributed by atoms with Gasteiger partial charge in [0.15, 0.2) is 0 Å². The van der Waals surface area contributed by atoms with Crippen molar-refractivity contribution in [1.29, 1.82) is 0 Å². The van der Waals surface area contributed by atoms with Gasteiger partial charge in [0.2, 0.25) is 0 Å². The van der Waals surface area contributed by atoms with Crippen LogP contribution in [0.2, 0.25) is 0 Å². The van der Waals surface area contributed by atoms with Crippen LogP contribution in [0.3, 0.4) is 0 Å². The molecule has 0 unspecified atom stereocenters. The van der Waals surface area contributed by atoms with Crippen molar-refractivity contribution in [3.05, 3.63) is 24.3 Å². The number of anilines is 1. The van der Waals surface area contributed by atoms with Gasteiger partial charge in [0.25, 0.3) is 0 Å². The van der Waals surface area contributed by atoms with Crippen molar-refractivity contribution in [1.82, 2.24) is 0 Å². The highest BCUT2D eigenvalue weighted by Gasteiger charge is 2.20. The predicted molar refractivity (Wildman–Crippen MR) is 87.5 cm³/mol. The molecule has 0 radical (unpaired) electrons. The summed E-state index contributed by atoms with van der Waals surface area (Å²) in [5.41, 5.74) is 1.09. The van der Waals surface area contributed by atoms with Gasteiger partial charge in [-0.25, -0.2) is 0 Å². The lowest BCUT2D eigenvalue weighted by Gasteiger charge is -2.26. The maximum absolute atomic E-state index is 6.09. The molecule has 2 aliphatic rings. The van der Waals surface area contributed by atoms with Crippen molar-refractivity contribution >= 4 is 5.69 Å². The van der Waals surface area contributed by atoms with E-state index in [4.69, 9.17) is 14.2 Å². The SMILES string of the molecule is C[C@H](CC1CCOCC1)Nc1ccccc1O[C@@H]1CCOC1. The number of rotatable bonds is 6. The molecule has 3 rings (SSSR count). The zero-order chi connectivity index (χ0) is 15.2. The quantitative estimate of drug-likeness (QED) is 0.873. The molecular weight excluding hydrogens is 278 g/mol. The lowest BCUT2D eigenvalue weighted by Crippen LogP contribution is -2.24. The zero-order valence-corrected chi connectivity index (χ0v) is 13.4. The smallest absolute Gasteiger partial charge is 0.142 e. The summed E-state index contributed by atoms with van der Waals surface area (Å²) in [6.07, 6.45) is 4.72. The van der Waals surface area contributed by atoms with Gasteiger partial charge in [-0.3, -0.25) is 0 Å². The number of para-hydroxylation sites is 2. The van der Waals surface area contributed by atoms with E-state index >= 15 is 0 Å². The summed E-state index contributed by atoms with van der Waals surface area (Å²) in [7, 11) is 0. The van der Waals surface area contributed by atoms with E-state index in [1.807, 2.05) is 12.1 Å². The number of ether oxygens (including phenoxy) is 3. The third kappa shape index (κ3) is 4.37. The van der Waals surface area contributed by atoms with Crippen LogP contribution in [0.4, 0.5) is 5.69 Å². The Bertz CT molecular complexity index is 453. The summed E-state index contributed by atoms with van der Waals surface area (Å²) in [6.45, 7) is 5.59. The van der Waals surface area contributed by atoms with E-state index in [1.54, 1.807) is 0 Å². The van der Waals surface area contributed by atoms with Crippen LogP contribution >= 0.6 is 0 Å². The summed E-state index contributed by atoms with van der Waals surface area (Å²) in [4.78, 5) is 0. The van der Waals surface area contributed by atoms with Crippen LogP contribution in [0.15, 0.2) is 24.3 Å². The number of hydrogen-bond acceptors (Lipinski definition) is 4. The van der Waals surface area contributed by atoms with Crippen molar-refractivity contribution in [3.63, 3.8) is 0 Å². The molecular formula is C18H27NO3.